The van der Waals surface area contributed by atoms with E-state index < -0.39 is 0 Å². The molecule has 0 saturated carbocycles. The molecular formula is C18H18N4O3S. The number of aromatic nitrogens is 2. The van der Waals surface area contributed by atoms with Crippen molar-refractivity contribution in [1.82, 2.24) is 10.1 Å². The molecule has 0 atom stereocenters. The first-order valence-electron chi connectivity index (χ1n) is 8.32. The van der Waals surface area contributed by atoms with Gasteiger partial charge in [-0.25, -0.2) is 4.98 Å². The summed E-state index contributed by atoms with van der Waals surface area (Å²) in [6, 6.07) is 9.19. The Morgan fingerprint density at radius 3 is 2.69 bits per heavy atom. The van der Waals surface area contributed by atoms with Crippen LogP contribution in [-0.2, 0) is 4.74 Å². The molecule has 0 bridgehead atoms. The van der Waals surface area contributed by atoms with E-state index in [1.165, 1.54) is 0 Å². The first kappa shape index (κ1) is 16.7. The third-order valence-corrected chi connectivity index (χ3v) is 4.97. The molecular weight excluding hydrogens is 352 g/mol. The maximum atomic E-state index is 12.1. The summed E-state index contributed by atoms with van der Waals surface area (Å²) in [6.45, 7) is 5.01. The highest BCUT2D eigenvalue weighted by Crippen LogP contribution is 2.28. The van der Waals surface area contributed by atoms with Crippen LogP contribution in [0.5, 0.6) is 0 Å². The fourth-order valence-electron chi connectivity index (χ4n) is 2.68. The van der Waals surface area contributed by atoms with Crippen LogP contribution in [0.4, 0.5) is 10.8 Å². The van der Waals surface area contributed by atoms with Gasteiger partial charge in [-0.15, -0.1) is 11.3 Å². The number of nitrogens with zero attached hydrogens (tertiary/aromatic N) is 3. The number of hydrogen-bond acceptors (Lipinski definition) is 7. The number of thiazole rings is 1. The van der Waals surface area contributed by atoms with Crippen molar-refractivity contribution < 1.29 is 14.1 Å². The summed E-state index contributed by atoms with van der Waals surface area (Å²) in [6.07, 6.45) is 0. The number of hydrogen-bond donors (Lipinski definition) is 1. The molecule has 1 amide bonds. The van der Waals surface area contributed by atoms with Gasteiger partial charge in [-0.1, -0.05) is 17.3 Å². The predicted molar refractivity (Wildman–Crippen MR) is 99.8 cm³/mol. The number of morpholine rings is 1. The van der Waals surface area contributed by atoms with E-state index in [1.807, 2.05) is 24.3 Å². The molecule has 3 aromatic rings. The molecule has 7 nitrogen and oxygen atoms in total. The van der Waals surface area contributed by atoms with Crippen LogP contribution in [0.15, 0.2) is 40.2 Å². The molecule has 0 unspecified atom stereocenters. The van der Waals surface area contributed by atoms with E-state index in [0.717, 1.165) is 42.7 Å². The van der Waals surface area contributed by atoms with Crippen molar-refractivity contribution in [3.05, 3.63) is 47.2 Å². The van der Waals surface area contributed by atoms with Gasteiger partial charge in [-0.3, -0.25) is 4.79 Å². The Balaban J connectivity index is 1.44. The molecule has 1 N–H and O–H groups in total. The molecule has 26 heavy (non-hydrogen) atoms. The van der Waals surface area contributed by atoms with Crippen LogP contribution in [0, 0.1) is 6.92 Å². The summed E-state index contributed by atoms with van der Waals surface area (Å²) >= 11 is 1.64. The predicted octanol–water partition coefficient (Wildman–Crippen LogP) is 3.20. The van der Waals surface area contributed by atoms with Crippen molar-refractivity contribution in [3.63, 3.8) is 0 Å². The molecule has 8 heteroatoms. The Labute approximate surface area is 154 Å². The zero-order chi connectivity index (χ0) is 17.9. The summed E-state index contributed by atoms with van der Waals surface area (Å²) in [7, 11) is 0. The van der Waals surface area contributed by atoms with E-state index in [9.17, 15) is 4.79 Å². The van der Waals surface area contributed by atoms with E-state index >= 15 is 0 Å². The number of amides is 1. The Hall–Kier alpha value is -2.71. The number of benzene rings is 1. The van der Waals surface area contributed by atoms with Crippen molar-refractivity contribution in [2.45, 2.75) is 6.92 Å². The minimum atomic E-state index is -0.318. The van der Waals surface area contributed by atoms with Gasteiger partial charge in [0.15, 0.2) is 5.13 Å². The fourth-order valence-corrected chi connectivity index (χ4v) is 3.57. The van der Waals surface area contributed by atoms with E-state index in [-0.39, 0.29) is 11.7 Å². The van der Waals surface area contributed by atoms with Crippen LogP contribution in [-0.4, -0.2) is 42.4 Å². The molecule has 4 rings (SSSR count). The van der Waals surface area contributed by atoms with Gasteiger partial charge in [0.1, 0.15) is 0 Å². The van der Waals surface area contributed by atoms with Gasteiger partial charge in [-0.2, -0.15) is 0 Å². The first-order valence-corrected chi connectivity index (χ1v) is 9.20. The average Bonchev–Trinajstić information content (AvgIpc) is 3.32. The lowest BCUT2D eigenvalue weighted by molar-refractivity contribution is 0.0988. The lowest BCUT2D eigenvalue weighted by Gasteiger charge is -2.26. The molecule has 2 aromatic heterocycles. The number of carbonyl (C=O) groups excluding carboxylic acids is 1. The van der Waals surface area contributed by atoms with Crippen LogP contribution in [0.25, 0.3) is 11.3 Å². The zero-order valence-corrected chi connectivity index (χ0v) is 15.1. The lowest BCUT2D eigenvalue weighted by Crippen LogP contribution is -2.36. The van der Waals surface area contributed by atoms with E-state index in [4.69, 9.17) is 14.2 Å². The normalized spacial score (nSPS) is 14.4. The molecule has 1 saturated heterocycles. The van der Waals surface area contributed by atoms with E-state index in [2.05, 4.69) is 20.8 Å². The topological polar surface area (TPSA) is 80.5 Å². The number of ether oxygens (including phenoxy) is 1. The summed E-state index contributed by atoms with van der Waals surface area (Å²) in [5.41, 5.74) is 3.30. The third-order valence-electron chi connectivity index (χ3n) is 4.06. The minimum absolute atomic E-state index is 0.196. The first-order chi connectivity index (χ1) is 12.7. The van der Waals surface area contributed by atoms with Gasteiger partial charge in [0, 0.05) is 35.8 Å². The van der Waals surface area contributed by atoms with Gasteiger partial charge < -0.3 is 19.5 Å². The van der Waals surface area contributed by atoms with Crippen molar-refractivity contribution >= 4 is 28.1 Å². The number of rotatable bonds is 4. The third kappa shape index (κ3) is 3.61. The molecule has 0 spiro atoms. The number of anilines is 2. The summed E-state index contributed by atoms with van der Waals surface area (Å²) < 4.78 is 10.3. The minimum Gasteiger partial charge on any atom is -0.378 e. The fraction of sp³-hybridized carbons (Fsp3) is 0.278. The Morgan fingerprint density at radius 1 is 1.23 bits per heavy atom. The van der Waals surface area contributed by atoms with Gasteiger partial charge in [0.25, 0.3) is 5.91 Å². The van der Waals surface area contributed by atoms with Crippen LogP contribution in [0.3, 0.4) is 0 Å². The Bertz CT molecular complexity index is 897. The maximum Gasteiger partial charge on any atom is 0.294 e. The highest BCUT2D eigenvalue weighted by molar-refractivity contribution is 7.14. The molecule has 1 aliphatic heterocycles. The molecule has 1 aliphatic rings. The maximum absolute atomic E-state index is 12.1. The molecule has 1 fully saturated rings. The summed E-state index contributed by atoms with van der Waals surface area (Å²) in [5.74, 6) is -0.122. The molecule has 0 aliphatic carbocycles. The zero-order valence-electron chi connectivity index (χ0n) is 14.3. The molecule has 1 aromatic carbocycles. The van der Waals surface area contributed by atoms with Crippen molar-refractivity contribution in [3.8, 4) is 11.3 Å². The summed E-state index contributed by atoms with van der Waals surface area (Å²) in [4.78, 5) is 19.1. The smallest absolute Gasteiger partial charge is 0.294 e. The van der Waals surface area contributed by atoms with Crippen LogP contribution in [0.1, 0.15) is 16.2 Å². The summed E-state index contributed by atoms with van der Waals surface area (Å²) in [5, 5.41) is 9.58. The molecule has 0 radical (unpaired) electrons. The highest BCUT2D eigenvalue weighted by Gasteiger charge is 2.15. The second-order valence-electron chi connectivity index (χ2n) is 5.98. The lowest BCUT2D eigenvalue weighted by atomic mass is 10.1. The van der Waals surface area contributed by atoms with E-state index in [1.54, 1.807) is 24.3 Å². The SMILES string of the molecule is Cc1cc(C(=O)Nc2ccc(-c3csc(N4CCOCC4)n3)cc2)on1. The largest absolute Gasteiger partial charge is 0.378 e. The monoisotopic (exact) mass is 370 g/mol. The van der Waals surface area contributed by atoms with Gasteiger partial charge in [0.2, 0.25) is 5.76 Å². The highest BCUT2D eigenvalue weighted by atomic mass is 32.1. The van der Waals surface area contributed by atoms with Crippen molar-refractivity contribution in [2.75, 3.05) is 36.5 Å². The van der Waals surface area contributed by atoms with Gasteiger partial charge in [-0.05, 0) is 19.1 Å². The second-order valence-corrected chi connectivity index (χ2v) is 6.82. The Kier molecular flexibility index (Phi) is 4.68. The number of carbonyl (C=O) groups is 1. The van der Waals surface area contributed by atoms with Crippen LogP contribution in [0.2, 0.25) is 0 Å². The van der Waals surface area contributed by atoms with Gasteiger partial charge >= 0.3 is 0 Å². The second kappa shape index (κ2) is 7.27. The van der Waals surface area contributed by atoms with E-state index in [0.29, 0.717) is 11.4 Å². The van der Waals surface area contributed by atoms with Crippen molar-refractivity contribution in [1.29, 1.82) is 0 Å². The quantitative estimate of drug-likeness (QED) is 0.760. The number of nitrogens with one attached hydrogen (secondary N) is 1. The van der Waals surface area contributed by atoms with Crippen LogP contribution < -0.4 is 10.2 Å². The average molecular weight is 370 g/mol. The molecule has 3 heterocycles. The number of aryl methyl sites for hydroxylation is 1. The Morgan fingerprint density at radius 2 is 2.00 bits per heavy atom. The molecule has 134 valence electrons. The van der Waals surface area contributed by atoms with Crippen LogP contribution >= 0.6 is 11.3 Å². The van der Waals surface area contributed by atoms with Gasteiger partial charge in [0.05, 0.1) is 24.6 Å². The van der Waals surface area contributed by atoms with Crippen molar-refractivity contribution in [2.24, 2.45) is 0 Å². The standard InChI is InChI=1S/C18H18N4O3S/c1-12-10-16(25-21-12)17(23)19-14-4-2-13(3-5-14)15-11-26-18(20-15)22-6-8-24-9-7-22/h2-5,10-11H,6-9H2,1H3,(H,19,23).